The molecule has 1 amide bonds. The number of ether oxygens (including phenoxy) is 1. The van der Waals surface area contributed by atoms with Crippen molar-refractivity contribution in [2.75, 3.05) is 12.3 Å². The number of thioether (sulfide) groups is 1. The Morgan fingerprint density at radius 2 is 2.20 bits per heavy atom. The van der Waals surface area contributed by atoms with Crippen molar-refractivity contribution in [2.45, 2.75) is 38.7 Å². The number of benzene rings is 1. The van der Waals surface area contributed by atoms with E-state index in [4.69, 9.17) is 4.74 Å². The van der Waals surface area contributed by atoms with Crippen LogP contribution < -0.4 is 5.32 Å². The zero-order valence-electron chi connectivity index (χ0n) is 14.2. The van der Waals surface area contributed by atoms with E-state index in [1.54, 1.807) is 20.8 Å². The Morgan fingerprint density at radius 1 is 1.48 bits per heavy atom. The Balaban J connectivity index is 2.10. The van der Waals surface area contributed by atoms with Gasteiger partial charge in [0.1, 0.15) is 11.4 Å². The molecule has 0 saturated carbocycles. The van der Waals surface area contributed by atoms with Gasteiger partial charge in [-0.15, -0.1) is 0 Å². The number of aliphatic imine (C=N–C) groups is 1. The molecule has 1 N–H and O–H groups in total. The molecule has 1 heterocycles. The van der Waals surface area contributed by atoms with E-state index in [0.717, 1.165) is 12.1 Å². The summed E-state index contributed by atoms with van der Waals surface area (Å²) in [7, 11) is 0. The van der Waals surface area contributed by atoms with E-state index < -0.39 is 22.4 Å². The van der Waals surface area contributed by atoms with Gasteiger partial charge >= 0.3 is 6.09 Å². The van der Waals surface area contributed by atoms with Crippen molar-refractivity contribution in [3.8, 4) is 0 Å². The highest BCUT2D eigenvalue weighted by Gasteiger charge is 2.23. The van der Waals surface area contributed by atoms with Crippen LogP contribution >= 0.6 is 11.8 Å². The third-order valence-electron chi connectivity index (χ3n) is 3.40. The van der Waals surface area contributed by atoms with Crippen LogP contribution in [0.15, 0.2) is 23.2 Å². The van der Waals surface area contributed by atoms with Crippen LogP contribution in [0.25, 0.3) is 0 Å². The Labute approximate surface area is 149 Å². The van der Waals surface area contributed by atoms with Gasteiger partial charge in [-0.25, -0.2) is 9.18 Å². The van der Waals surface area contributed by atoms with E-state index in [0.29, 0.717) is 17.3 Å². The van der Waals surface area contributed by atoms with Crippen LogP contribution in [-0.2, 0) is 4.74 Å². The predicted octanol–water partition coefficient (Wildman–Crippen LogP) is 3.84. The molecule has 136 valence electrons. The SMILES string of the molecule is CC(C)(C)OC(=O)NC1=NC[C@H](c2cc([N+](=O)[O-])ccc2F)CCS1. The zero-order chi connectivity index (χ0) is 18.6. The average molecular weight is 369 g/mol. The van der Waals surface area contributed by atoms with Crippen LogP contribution in [0.1, 0.15) is 38.7 Å². The predicted molar refractivity (Wildman–Crippen MR) is 94.5 cm³/mol. The number of alkyl carbamates (subject to hydrolysis) is 1. The highest BCUT2D eigenvalue weighted by Crippen LogP contribution is 2.30. The fourth-order valence-electron chi connectivity index (χ4n) is 2.31. The van der Waals surface area contributed by atoms with Gasteiger partial charge in [0.15, 0.2) is 5.17 Å². The van der Waals surface area contributed by atoms with Gasteiger partial charge in [-0.3, -0.25) is 20.4 Å². The van der Waals surface area contributed by atoms with Crippen molar-refractivity contribution in [3.05, 3.63) is 39.7 Å². The summed E-state index contributed by atoms with van der Waals surface area (Å²) in [5.41, 5.74) is -0.490. The second-order valence-electron chi connectivity index (χ2n) is 6.57. The number of halogens is 1. The van der Waals surface area contributed by atoms with Crippen molar-refractivity contribution >= 4 is 28.7 Å². The highest BCUT2D eigenvalue weighted by molar-refractivity contribution is 8.13. The number of hydrogen-bond donors (Lipinski definition) is 1. The first-order valence-corrected chi connectivity index (χ1v) is 8.75. The van der Waals surface area contributed by atoms with Crippen LogP contribution in [0.3, 0.4) is 0 Å². The van der Waals surface area contributed by atoms with Gasteiger partial charge in [0.05, 0.1) is 4.92 Å². The monoisotopic (exact) mass is 369 g/mol. The molecular formula is C16H20FN3O4S. The highest BCUT2D eigenvalue weighted by atomic mass is 32.2. The number of nitrogens with one attached hydrogen (secondary N) is 1. The molecule has 2 rings (SSSR count). The van der Waals surface area contributed by atoms with E-state index in [-0.39, 0.29) is 23.7 Å². The number of nitrogens with zero attached hydrogens (tertiary/aromatic N) is 2. The number of amidine groups is 1. The fourth-order valence-corrected chi connectivity index (χ4v) is 3.22. The van der Waals surface area contributed by atoms with Crippen LogP contribution in [-0.4, -0.2) is 34.1 Å². The first-order valence-electron chi connectivity index (χ1n) is 7.77. The summed E-state index contributed by atoms with van der Waals surface area (Å²) in [5.74, 6) is -0.175. The quantitative estimate of drug-likeness (QED) is 0.631. The zero-order valence-corrected chi connectivity index (χ0v) is 15.1. The maximum atomic E-state index is 14.1. The Morgan fingerprint density at radius 3 is 2.84 bits per heavy atom. The van der Waals surface area contributed by atoms with E-state index in [1.807, 2.05) is 0 Å². The maximum Gasteiger partial charge on any atom is 0.413 e. The van der Waals surface area contributed by atoms with Crippen molar-refractivity contribution in [1.82, 2.24) is 5.32 Å². The summed E-state index contributed by atoms with van der Waals surface area (Å²) in [5, 5.41) is 13.9. The number of carbonyl (C=O) groups is 1. The van der Waals surface area contributed by atoms with Crippen LogP contribution in [0.4, 0.5) is 14.9 Å². The molecule has 7 nitrogen and oxygen atoms in total. The van der Waals surface area contributed by atoms with Gasteiger partial charge in [-0.05, 0) is 38.8 Å². The number of hydrogen-bond acceptors (Lipinski definition) is 6. The molecule has 0 aromatic heterocycles. The summed E-state index contributed by atoms with van der Waals surface area (Å²) in [6, 6.07) is 3.50. The molecule has 1 aliphatic heterocycles. The molecule has 0 bridgehead atoms. The van der Waals surface area contributed by atoms with Crippen LogP contribution in [0.5, 0.6) is 0 Å². The second kappa shape index (κ2) is 7.81. The lowest BCUT2D eigenvalue weighted by molar-refractivity contribution is -0.385. The van der Waals surface area contributed by atoms with E-state index in [9.17, 15) is 19.3 Å². The smallest absolute Gasteiger partial charge is 0.413 e. The number of rotatable bonds is 2. The number of nitro benzene ring substituents is 1. The third kappa shape index (κ3) is 5.70. The molecule has 0 aliphatic carbocycles. The molecule has 0 saturated heterocycles. The minimum absolute atomic E-state index is 0.149. The molecule has 1 atom stereocenters. The Bertz CT molecular complexity index is 703. The molecule has 1 aromatic carbocycles. The largest absolute Gasteiger partial charge is 0.444 e. The van der Waals surface area contributed by atoms with Crippen molar-refractivity contribution in [1.29, 1.82) is 0 Å². The average Bonchev–Trinajstić information content (AvgIpc) is 2.71. The van der Waals surface area contributed by atoms with E-state index >= 15 is 0 Å². The molecule has 0 spiro atoms. The van der Waals surface area contributed by atoms with Gasteiger partial charge in [-0.1, -0.05) is 11.8 Å². The molecule has 0 radical (unpaired) electrons. The lowest BCUT2D eigenvalue weighted by Gasteiger charge is -2.19. The van der Waals surface area contributed by atoms with Gasteiger partial charge in [0.2, 0.25) is 0 Å². The number of carbonyl (C=O) groups excluding carboxylic acids is 1. The summed E-state index contributed by atoms with van der Waals surface area (Å²) >= 11 is 1.33. The summed E-state index contributed by atoms with van der Waals surface area (Å²) in [6.07, 6.45) is -0.00936. The molecule has 1 aromatic rings. The summed E-state index contributed by atoms with van der Waals surface area (Å²) in [4.78, 5) is 26.4. The maximum absolute atomic E-state index is 14.1. The normalized spacial score (nSPS) is 18.1. The summed E-state index contributed by atoms with van der Waals surface area (Å²) in [6.45, 7) is 5.51. The van der Waals surface area contributed by atoms with Crippen molar-refractivity contribution in [2.24, 2.45) is 4.99 Å². The van der Waals surface area contributed by atoms with Crippen molar-refractivity contribution in [3.63, 3.8) is 0 Å². The lowest BCUT2D eigenvalue weighted by atomic mass is 9.95. The van der Waals surface area contributed by atoms with Crippen molar-refractivity contribution < 1.29 is 18.8 Å². The fraction of sp³-hybridized carbons (Fsp3) is 0.500. The standard InChI is InChI=1S/C16H20FN3O4S/c1-16(2,3)24-15(21)19-14-18-9-10(6-7-25-14)12-8-11(20(22)23)4-5-13(12)17/h4-5,8,10H,6-7,9H2,1-3H3,(H,18,19,21)/t10-/m1/s1. The van der Waals surface area contributed by atoms with Gasteiger partial charge < -0.3 is 4.74 Å². The third-order valence-corrected chi connectivity index (χ3v) is 4.34. The van der Waals surface area contributed by atoms with Gasteiger partial charge in [-0.2, -0.15) is 0 Å². The van der Waals surface area contributed by atoms with E-state index in [2.05, 4.69) is 10.3 Å². The molecule has 0 unspecified atom stereocenters. The van der Waals surface area contributed by atoms with Gasteiger partial charge in [0, 0.05) is 30.3 Å². The summed E-state index contributed by atoms with van der Waals surface area (Å²) < 4.78 is 19.3. The minimum atomic E-state index is -0.616. The molecular weight excluding hydrogens is 349 g/mol. The Hall–Kier alpha value is -2.16. The minimum Gasteiger partial charge on any atom is -0.444 e. The lowest BCUT2D eigenvalue weighted by Crippen LogP contribution is -2.35. The van der Waals surface area contributed by atoms with Crippen LogP contribution in [0, 0.1) is 15.9 Å². The topological polar surface area (TPSA) is 93.8 Å². The van der Waals surface area contributed by atoms with Crippen LogP contribution in [0.2, 0.25) is 0 Å². The Kier molecular flexibility index (Phi) is 5.99. The second-order valence-corrected chi connectivity index (χ2v) is 7.65. The number of amides is 1. The van der Waals surface area contributed by atoms with Gasteiger partial charge in [0.25, 0.3) is 5.69 Å². The number of nitro groups is 1. The van der Waals surface area contributed by atoms with E-state index in [1.165, 1.54) is 17.8 Å². The molecule has 0 fully saturated rings. The molecule has 25 heavy (non-hydrogen) atoms. The molecule has 1 aliphatic rings. The number of non-ortho nitro benzene ring substituents is 1. The first-order chi connectivity index (χ1) is 11.7. The molecule has 9 heteroatoms. The first kappa shape index (κ1) is 19.2.